The maximum Gasteiger partial charge on any atom is 0.274 e. The molecular formula is C14H23N3O2. The van der Waals surface area contributed by atoms with Crippen molar-refractivity contribution >= 4 is 5.91 Å². The Morgan fingerprint density at radius 3 is 2.95 bits per heavy atom. The summed E-state index contributed by atoms with van der Waals surface area (Å²) in [5.74, 6) is -0.00634. The molecule has 1 saturated heterocycles. The normalized spacial score (nSPS) is 22.1. The minimum atomic E-state index is -0.373. The van der Waals surface area contributed by atoms with Gasteiger partial charge in [0.2, 0.25) is 0 Å². The summed E-state index contributed by atoms with van der Waals surface area (Å²) in [4.78, 5) is 18.6. The van der Waals surface area contributed by atoms with E-state index in [0.717, 1.165) is 32.2 Å². The first-order valence-corrected chi connectivity index (χ1v) is 7.05. The Balaban J connectivity index is 2.14. The molecule has 1 N–H and O–H groups in total. The highest BCUT2D eigenvalue weighted by atomic mass is 16.3. The molecule has 2 rings (SSSR count). The summed E-state index contributed by atoms with van der Waals surface area (Å²) in [5, 5.41) is 9.61. The lowest BCUT2D eigenvalue weighted by Gasteiger charge is -2.30. The molecule has 5 nitrogen and oxygen atoms in total. The number of aromatic nitrogens is 2. The average Bonchev–Trinajstić information content (AvgIpc) is 2.65. The Kier molecular flexibility index (Phi) is 4.58. The quantitative estimate of drug-likeness (QED) is 0.902. The third-order valence-electron chi connectivity index (χ3n) is 3.68. The molecule has 5 heteroatoms. The Labute approximate surface area is 114 Å². The number of likely N-dealkylation sites (tertiary alicyclic amines) is 1. The number of aryl methyl sites for hydroxylation is 1. The van der Waals surface area contributed by atoms with Gasteiger partial charge in [-0.15, -0.1) is 0 Å². The van der Waals surface area contributed by atoms with Gasteiger partial charge in [-0.05, 0) is 26.2 Å². The van der Waals surface area contributed by atoms with Gasteiger partial charge in [0.05, 0.1) is 12.4 Å². The molecule has 2 heterocycles. The Bertz CT molecular complexity index is 428. The van der Waals surface area contributed by atoms with Crippen LogP contribution in [0.1, 0.15) is 49.5 Å². The molecule has 1 aliphatic heterocycles. The molecule has 2 atom stereocenters. The fourth-order valence-electron chi connectivity index (χ4n) is 2.75. The monoisotopic (exact) mass is 265 g/mol. The van der Waals surface area contributed by atoms with Crippen LogP contribution in [-0.4, -0.2) is 44.2 Å². The Morgan fingerprint density at radius 2 is 2.32 bits per heavy atom. The van der Waals surface area contributed by atoms with E-state index in [1.807, 2.05) is 11.9 Å². The van der Waals surface area contributed by atoms with Gasteiger partial charge in [0.1, 0.15) is 5.69 Å². The molecule has 0 aromatic carbocycles. The van der Waals surface area contributed by atoms with Crippen molar-refractivity contribution in [3.05, 3.63) is 18.2 Å². The summed E-state index contributed by atoms with van der Waals surface area (Å²) in [6.07, 6.45) is 7.98. The van der Waals surface area contributed by atoms with E-state index >= 15 is 0 Å². The van der Waals surface area contributed by atoms with Crippen molar-refractivity contribution in [1.82, 2.24) is 14.5 Å². The number of hydrogen-bond acceptors (Lipinski definition) is 3. The number of rotatable bonds is 3. The molecule has 1 fully saturated rings. The lowest BCUT2D eigenvalue weighted by molar-refractivity contribution is 0.0602. The molecule has 1 aromatic heterocycles. The van der Waals surface area contributed by atoms with Gasteiger partial charge < -0.3 is 14.6 Å². The molecule has 106 valence electrons. The predicted octanol–water partition coefficient (Wildman–Crippen LogP) is 1.58. The largest absolute Gasteiger partial charge is 0.393 e. The van der Waals surface area contributed by atoms with Crippen LogP contribution in [0.15, 0.2) is 12.5 Å². The van der Waals surface area contributed by atoms with Crippen molar-refractivity contribution in [3.63, 3.8) is 0 Å². The van der Waals surface area contributed by atoms with Crippen molar-refractivity contribution in [3.8, 4) is 0 Å². The van der Waals surface area contributed by atoms with E-state index in [1.54, 1.807) is 24.0 Å². The molecule has 1 amide bonds. The van der Waals surface area contributed by atoms with Gasteiger partial charge in [-0.1, -0.05) is 12.8 Å². The zero-order chi connectivity index (χ0) is 13.8. The molecule has 0 saturated carbocycles. The second kappa shape index (κ2) is 6.19. The molecule has 1 aliphatic rings. The predicted molar refractivity (Wildman–Crippen MR) is 72.8 cm³/mol. The molecule has 0 radical (unpaired) electrons. The smallest absolute Gasteiger partial charge is 0.274 e. The molecular weight excluding hydrogens is 242 g/mol. The summed E-state index contributed by atoms with van der Waals surface area (Å²) in [5.41, 5.74) is 0.500. The SMILES string of the molecule is CC(O)CC1CCCCCN1C(=O)c1cn(C)cn1. The fourth-order valence-corrected chi connectivity index (χ4v) is 2.75. The molecule has 1 aromatic rings. The summed E-state index contributed by atoms with van der Waals surface area (Å²) in [6.45, 7) is 2.56. The Morgan fingerprint density at radius 1 is 1.53 bits per heavy atom. The van der Waals surface area contributed by atoms with Crippen molar-refractivity contribution < 1.29 is 9.90 Å². The lowest BCUT2D eigenvalue weighted by atomic mass is 10.0. The van der Waals surface area contributed by atoms with E-state index in [-0.39, 0.29) is 18.1 Å². The van der Waals surface area contributed by atoms with Gasteiger partial charge in [0, 0.05) is 25.8 Å². The maximum atomic E-state index is 12.5. The third kappa shape index (κ3) is 3.56. The highest BCUT2D eigenvalue weighted by molar-refractivity contribution is 5.92. The number of imidazole rings is 1. The molecule has 19 heavy (non-hydrogen) atoms. The van der Waals surface area contributed by atoms with Gasteiger partial charge in [-0.25, -0.2) is 4.98 Å². The number of nitrogens with zero attached hydrogens (tertiary/aromatic N) is 3. The van der Waals surface area contributed by atoms with Crippen LogP contribution >= 0.6 is 0 Å². The van der Waals surface area contributed by atoms with Crippen LogP contribution in [0, 0.1) is 0 Å². The number of amides is 1. The maximum absolute atomic E-state index is 12.5. The molecule has 0 aliphatic carbocycles. The third-order valence-corrected chi connectivity index (χ3v) is 3.68. The van der Waals surface area contributed by atoms with Crippen molar-refractivity contribution in [2.45, 2.75) is 51.2 Å². The second-order valence-electron chi connectivity index (χ2n) is 5.51. The van der Waals surface area contributed by atoms with E-state index in [2.05, 4.69) is 4.98 Å². The van der Waals surface area contributed by atoms with Crippen molar-refractivity contribution in [2.24, 2.45) is 7.05 Å². The highest BCUT2D eigenvalue weighted by Crippen LogP contribution is 2.22. The van der Waals surface area contributed by atoms with Gasteiger partial charge in [0.25, 0.3) is 5.91 Å². The minimum Gasteiger partial charge on any atom is -0.393 e. The number of carbonyl (C=O) groups is 1. The molecule has 0 spiro atoms. The van der Waals surface area contributed by atoms with Crippen LogP contribution in [0.4, 0.5) is 0 Å². The van der Waals surface area contributed by atoms with Crippen LogP contribution in [0.5, 0.6) is 0 Å². The van der Waals surface area contributed by atoms with Gasteiger partial charge in [-0.3, -0.25) is 4.79 Å². The summed E-state index contributed by atoms with van der Waals surface area (Å²) in [6, 6.07) is 0.136. The van der Waals surface area contributed by atoms with E-state index < -0.39 is 0 Å². The zero-order valence-corrected chi connectivity index (χ0v) is 11.7. The number of aliphatic hydroxyl groups excluding tert-OH is 1. The second-order valence-corrected chi connectivity index (χ2v) is 5.51. The first-order chi connectivity index (χ1) is 9.08. The van der Waals surface area contributed by atoms with Gasteiger partial charge >= 0.3 is 0 Å². The molecule has 2 unspecified atom stereocenters. The lowest BCUT2D eigenvalue weighted by Crippen LogP contribution is -2.41. The summed E-state index contributed by atoms with van der Waals surface area (Å²) >= 11 is 0. The topological polar surface area (TPSA) is 58.4 Å². The van der Waals surface area contributed by atoms with E-state index in [9.17, 15) is 9.90 Å². The van der Waals surface area contributed by atoms with E-state index in [4.69, 9.17) is 0 Å². The van der Waals surface area contributed by atoms with Crippen LogP contribution in [0.3, 0.4) is 0 Å². The standard InChI is InChI=1S/C14H23N3O2/c1-11(18)8-12-6-4-3-5-7-17(12)14(19)13-9-16(2)10-15-13/h9-12,18H,3-8H2,1-2H3. The van der Waals surface area contributed by atoms with Crippen molar-refractivity contribution in [2.75, 3.05) is 6.54 Å². The van der Waals surface area contributed by atoms with Crippen LogP contribution in [0.2, 0.25) is 0 Å². The minimum absolute atomic E-state index is 0.00634. The first-order valence-electron chi connectivity index (χ1n) is 7.05. The first kappa shape index (κ1) is 14.1. The number of hydrogen-bond donors (Lipinski definition) is 1. The average molecular weight is 265 g/mol. The highest BCUT2D eigenvalue weighted by Gasteiger charge is 2.28. The Hall–Kier alpha value is -1.36. The van der Waals surface area contributed by atoms with Crippen LogP contribution in [0.25, 0.3) is 0 Å². The van der Waals surface area contributed by atoms with Crippen LogP contribution < -0.4 is 0 Å². The fraction of sp³-hybridized carbons (Fsp3) is 0.714. The molecule has 0 bridgehead atoms. The van der Waals surface area contributed by atoms with Crippen molar-refractivity contribution in [1.29, 1.82) is 0 Å². The van der Waals surface area contributed by atoms with E-state index in [0.29, 0.717) is 12.1 Å². The van der Waals surface area contributed by atoms with Gasteiger partial charge in [-0.2, -0.15) is 0 Å². The zero-order valence-electron chi connectivity index (χ0n) is 11.7. The van der Waals surface area contributed by atoms with E-state index in [1.165, 1.54) is 0 Å². The number of carbonyl (C=O) groups excluding carboxylic acids is 1. The van der Waals surface area contributed by atoms with Gasteiger partial charge in [0.15, 0.2) is 0 Å². The summed E-state index contributed by atoms with van der Waals surface area (Å²) < 4.78 is 1.79. The number of aliphatic hydroxyl groups is 1. The van der Waals surface area contributed by atoms with Crippen LogP contribution in [-0.2, 0) is 7.05 Å². The summed E-state index contributed by atoms with van der Waals surface area (Å²) in [7, 11) is 1.86.